The molecule has 1 aromatic carbocycles. The number of carbonyl (C=O) groups is 2. The highest BCUT2D eigenvalue weighted by atomic mass is 32.2. The molecule has 0 atom stereocenters. The SMILES string of the molecule is CC(=O)c1cccc(SCCC(=O)O)c1. The highest BCUT2D eigenvalue weighted by Gasteiger charge is 2.02. The highest BCUT2D eigenvalue weighted by molar-refractivity contribution is 7.99. The number of benzene rings is 1. The van der Waals surface area contributed by atoms with Crippen LogP contribution in [0, 0.1) is 0 Å². The molecule has 80 valence electrons. The molecule has 0 aliphatic carbocycles. The van der Waals surface area contributed by atoms with E-state index < -0.39 is 5.97 Å². The third kappa shape index (κ3) is 4.16. The van der Waals surface area contributed by atoms with Gasteiger partial charge in [-0.3, -0.25) is 9.59 Å². The third-order valence-electron chi connectivity index (χ3n) is 1.83. The summed E-state index contributed by atoms with van der Waals surface area (Å²) in [6.45, 7) is 1.51. The van der Waals surface area contributed by atoms with Crippen molar-refractivity contribution in [1.29, 1.82) is 0 Å². The molecule has 0 radical (unpaired) electrons. The summed E-state index contributed by atoms with van der Waals surface area (Å²) in [5.41, 5.74) is 0.662. The van der Waals surface area contributed by atoms with Gasteiger partial charge >= 0.3 is 5.97 Å². The van der Waals surface area contributed by atoms with Gasteiger partial charge in [-0.2, -0.15) is 0 Å². The average molecular weight is 224 g/mol. The van der Waals surface area contributed by atoms with E-state index in [1.807, 2.05) is 6.07 Å². The van der Waals surface area contributed by atoms with E-state index in [4.69, 9.17) is 5.11 Å². The van der Waals surface area contributed by atoms with Crippen molar-refractivity contribution in [2.24, 2.45) is 0 Å². The molecule has 0 saturated carbocycles. The van der Waals surface area contributed by atoms with Crippen LogP contribution in [0.5, 0.6) is 0 Å². The van der Waals surface area contributed by atoms with Crippen molar-refractivity contribution in [2.75, 3.05) is 5.75 Å². The maximum atomic E-state index is 11.1. The van der Waals surface area contributed by atoms with Crippen LogP contribution >= 0.6 is 11.8 Å². The first-order valence-corrected chi connectivity index (χ1v) is 5.54. The number of hydrogen-bond donors (Lipinski definition) is 1. The van der Waals surface area contributed by atoms with Crippen molar-refractivity contribution >= 4 is 23.5 Å². The van der Waals surface area contributed by atoms with E-state index in [-0.39, 0.29) is 12.2 Å². The van der Waals surface area contributed by atoms with Crippen LogP contribution in [-0.2, 0) is 4.79 Å². The number of rotatable bonds is 5. The molecule has 1 rings (SSSR count). The Balaban J connectivity index is 2.58. The summed E-state index contributed by atoms with van der Waals surface area (Å²) in [6.07, 6.45) is 0.134. The van der Waals surface area contributed by atoms with Crippen molar-refractivity contribution in [3.8, 4) is 0 Å². The maximum Gasteiger partial charge on any atom is 0.304 e. The summed E-state index contributed by atoms with van der Waals surface area (Å²) in [7, 11) is 0. The van der Waals surface area contributed by atoms with E-state index in [0.29, 0.717) is 11.3 Å². The van der Waals surface area contributed by atoms with Gasteiger partial charge < -0.3 is 5.11 Å². The van der Waals surface area contributed by atoms with Crippen LogP contribution in [0.2, 0.25) is 0 Å². The number of carbonyl (C=O) groups excluding carboxylic acids is 1. The van der Waals surface area contributed by atoms with Gasteiger partial charge in [0.25, 0.3) is 0 Å². The molecule has 15 heavy (non-hydrogen) atoms. The molecule has 0 amide bonds. The number of carboxylic acids is 1. The van der Waals surface area contributed by atoms with Gasteiger partial charge in [-0.05, 0) is 19.1 Å². The number of aliphatic carboxylic acids is 1. The second-order valence-corrected chi connectivity index (χ2v) is 4.24. The molecule has 0 fully saturated rings. The Kier molecular flexibility index (Phi) is 4.37. The van der Waals surface area contributed by atoms with Crippen LogP contribution < -0.4 is 0 Å². The van der Waals surface area contributed by atoms with Crippen LogP contribution in [-0.4, -0.2) is 22.6 Å². The fraction of sp³-hybridized carbons (Fsp3) is 0.273. The zero-order valence-electron chi connectivity index (χ0n) is 8.40. The minimum Gasteiger partial charge on any atom is -0.481 e. The van der Waals surface area contributed by atoms with Gasteiger partial charge in [0.2, 0.25) is 0 Å². The Morgan fingerprint density at radius 3 is 2.73 bits per heavy atom. The van der Waals surface area contributed by atoms with Gasteiger partial charge in [0.05, 0.1) is 6.42 Å². The number of Topliss-reactive ketones (excluding diaryl/α,β-unsaturated/α-hetero) is 1. The quantitative estimate of drug-likeness (QED) is 0.616. The predicted molar refractivity (Wildman–Crippen MR) is 59.4 cm³/mol. The Labute approximate surface area is 92.5 Å². The van der Waals surface area contributed by atoms with Gasteiger partial charge in [0, 0.05) is 16.2 Å². The van der Waals surface area contributed by atoms with E-state index in [1.165, 1.54) is 18.7 Å². The Morgan fingerprint density at radius 2 is 2.13 bits per heavy atom. The number of ketones is 1. The smallest absolute Gasteiger partial charge is 0.304 e. The minimum atomic E-state index is -0.801. The lowest BCUT2D eigenvalue weighted by atomic mass is 10.2. The van der Waals surface area contributed by atoms with E-state index in [2.05, 4.69) is 0 Å². The average Bonchev–Trinajstić information content (AvgIpc) is 2.17. The zero-order valence-corrected chi connectivity index (χ0v) is 9.21. The summed E-state index contributed by atoms with van der Waals surface area (Å²) in [4.78, 5) is 22.3. The van der Waals surface area contributed by atoms with E-state index in [9.17, 15) is 9.59 Å². The molecule has 0 bridgehead atoms. The van der Waals surface area contributed by atoms with Crippen molar-refractivity contribution in [3.05, 3.63) is 29.8 Å². The summed E-state index contributed by atoms with van der Waals surface area (Å²) in [5.74, 6) is -0.252. The molecule has 0 saturated heterocycles. The summed E-state index contributed by atoms with van der Waals surface area (Å²) in [5, 5.41) is 8.47. The van der Waals surface area contributed by atoms with Crippen LogP contribution in [0.15, 0.2) is 29.2 Å². The fourth-order valence-corrected chi connectivity index (χ4v) is 1.96. The van der Waals surface area contributed by atoms with Crippen LogP contribution in [0.3, 0.4) is 0 Å². The van der Waals surface area contributed by atoms with Gasteiger partial charge in [-0.1, -0.05) is 12.1 Å². The molecule has 1 aromatic rings. The molecule has 0 aromatic heterocycles. The first-order valence-electron chi connectivity index (χ1n) is 4.55. The van der Waals surface area contributed by atoms with Crippen molar-refractivity contribution in [3.63, 3.8) is 0 Å². The first-order chi connectivity index (χ1) is 7.09. The highest BCUT2D eigenvalue weighted by Crippen LogP contribution is 2.20. The first kappa shape index (κ1) is 11.8. The number of hydrogen-bond acceptors (Lipinski definition) is 3. The van der Waals surface area contributed by atoms with Gasteiger partial charge in [0.1, 0.15) is 0 Å². The van der Waals surface area contributed by atoms with Crippen LogP contribution in [0.25, 0.3) is 0 Å². The molecule has 1 N–H and O–H groups in total. The lowest BCUT2D eigenvalue weighted by Gasteiger charge is -2.01. The summed E-state index contributed by atoms with van der Waals surface area (Å²) >= 11 is 1.45. The van der Waals surface area contributed by atoms with Crippen molar-refractivity contribution in [1.82, 2.24) is 0 Å². The van der Waals surface area contributed by atoms with Crippen molar-refractivity contribution in [2.45, 2.75) is 18.2 Å². The van der Waals surface area contributed by atoms with Crippen molar-refractivity contribution < 1.29 is 14.7 Å². The zero-order chi connectivity index (χ0) is 11.3. The van der Waals surface area contributed by atoms with Gasteiger partial charge in [0.15, 0.2) is 5.78 Å². The van der Waals surface area contributed by atoms with Gasteiger partial charge in [-0.15, -0.1) is 11.8 Å². The third-order valence-corrected chi connectivity index (χ3v) is 2.82. The predicted octanol–water partition coefficient (Wildman–Crippen LogP) is 2.46. The molecule has 4 heteroatoms. The Hall–Kier alpha value is -1.29. The Morgan fingerprint density at radius 1 is 1.40 bits per heavy atom. The molecule has 0 spiro atoms. The second kappa shape index (κ2) is 5.56. The molecular weight excluding hydrogens is 212 g/mol. The molecule has 0 unspecified atom stereocenters. The molecule has 0 aliphatic heterocycles. The fourth-order valence-electron chi connectivity index (χ4n) is 1.06. The minimum absolute atomic E-state index is 0.0238. The summed E-state index contributed by atoms with van der Waals surface area (Å²) < 4.78 is 0. The Bertz CT molecular complexity index is 374. The van der Waals surface area contributed by atoms with Crippen LogP contribution in [0.4, 0.5) is 0 Å². The topological polar surface area (TPSA) is 54.4 Å². The number of thioether (sulfide) groups is 1. The van der Waals surface area contributed by atoms with E-state index >= 15 is 0 Å². The lowest BCUT2D eigenvalue weighted by Crippen LogP contribution is -1.96. The number of carboxylic acid groups (broad SMARTS) is 1. The largest absolute Gasteiger partial charge is 0.481 e. The van der Waals surface area contributed by atoms with E-state index in [0.717, 1.165) is 4.90 Å². The van der Waals surface area contributed by atoms with E-state index in [1.54, 1.807) is 18.2 Å². The second-order valence-electron chi connectivity index (χ2n) is 3.08. The van der Waals surface area contributed by atoms with Crippen LogP contribution in [0.1, 0.15) is 23.7 Å². The molecule has 0 heterocycles. The summed E-state index contributed by atoms with van der Waals surface area (Å²) in [6, 6.07) is 7.22. The molecular formula is C11H12O3S. The molecule has 3 nitrogen and oxygen atoms in total. The maximum absolute atomic E-state index is 11.1. The molecule has 0 aliphatic rings. The normalized spacial score (nSPS) is 9.93. The van der Waals surface area contributed by atoms with Gasteiger partial charge in [-0.25, -0.2) is 0 Å². The monoisotopic (exact) mass is 224 g/mol. The standard InChI is InChI=1S/C11H12O3S/c1-8(12)9-3-2-4-10(7-9)15-6-5-11(13)14/h2-4,7H,5-6H2,1H3,(H,13,14). The lowest BCUT2D eigenvalue weighted by molar-refractivity contribution is -0.136.